The summed E-state index contributed by atoms with van der Waals surface area (Å²) >= 11 is 0. The third kappa shape index (κ3) is 3.77. The standard InChI is InChI=1S/C9H10F3NO2/c10-9(11,12)15-7-3-1-6(2-4-7)8(13)5-14/h1-4,8,14H,5,13H2/t8-/m1/s1. The largest absolute Gasteiger partial charge is 0.573 e. The van der Waals surface area contributed by atoms with Crippen LogP contribution in [0.3, 0.4) is 0 Å². The third-order valence-corrected chi connectivity index (χ3v) is 1.74. The Bertz CT molecular complexity index is 310. The van der Waals surface area contributed by atoms with Gasteiger partial charge in [-0.25, -0.2) is 0 Å². The van der Waals surface area contributed by atoms with Gasteiger partial charge in [0.15, 0.2) is 0 Å². The molecular formula is C9H10F3NO2. The van der Waals surface area contributed by atoms with E-state index in [1.165, 1.54) is 12.1 Å². The molecule has 0 unspecified atom stereocenters. The summed E-state index contributed by atoms with van der Waals surface area (Å²) in [5.74, 6) is -0.309. The van der Waals surface area contributed by atoms with Crippen molar-refractivity contribution in [2.45, 2.75) is 12.4 Å². The van der Waals surface area contributed by atoms with Gasteiger partial charge in [0.1, 0.15) is 5.75 Å². The van der Waals surface area contributed by atoms with E-state index in [4.69, 9.17) is 10.8 Å². The number of benzene rings is 1. The van der Waals surface area contributed by atoms with Gasteiger partial charge >= 0.3 is 6.36 Å². The molecule has 3 N–H and O–H groups in total. The first-order chi connectivity index (χ1) is 6.92. The molecular weight excluding hydrogens is 211 g/mol. The molecule has 0 heterocycles. The van der Waals surface area contributed by atoms with Gasteiger partial charge in [-0.3, -0.25) is 0 Å². The Morgan fingerprint density at radius 3 is 2.20 bits per heavy atom. The van der Waals surface area contributed by atoms with E-state index in [-0.39, 0.29) is 12.4 Å². The molecule has 0 fully saturated rings. The van der Waals surface area contributed by atoms with E-state index >= 15 is 0 Å². The maximum atomic E-state index is 11.8. The smallest absolute Gasteiger partial charge is 0.406 e. The van der Waals surface area contributed by atoms with E-state index in [1.807, 2.05) is 0 Å². The van der Waals surface area contributed by atoms with Crippen molar-refractivity contribution in [2.24, 2.45) is 5.73 Å². The molecule has 0 bridgehead atoms. The molecule has 1 aromatic carbocycles. The van der Waals surface area contributed by atoms with Crippen LogP contribution in [0.1, 0.15) is 11.6 Å². The average Bonchev–Trinajstić information content (AvgIpc) is 2.15. The number of nitrogens with two attached hydrogens (primary N) is 1. The van der Waals surface area contributed by atoms with Crippen molar-refractivity contribution >= 4 is 0 Å². The molecule has 1 aromatic rings. The highest BCUT2D eigenvalue weighted by Crippen LogP contribution is 2.23. The molecule has 15 heavy (non-hydrogen) atoms. The molecule has 0 aromatic heterocycles. The van der Waals surface area contributed by atoms with Crippen LogP contribution >= 0.6 is 0 Å². The van der Waals surface area contributed by atoms with E-state index < -0.39 is 12.4 Å². The second-order valence-corrected chi connectivity index (χ2v) is 2.91. The molecule has 0 saturated heterocycles. The second-order valence-electron chi connectivity index (χ2n) is 2.91. The monoisotopic (exact) mass is 221 g/mol. The van der Waals surface area contributed by atoms with Crippen LogP contribution in [-0.4, -0.2) is 18.1 Å². The third-order valence-electron chi connectivity index (χ3n) is 1.74. The number of ether oxygens (including phenoxy) is 1. The molecule has 1 rings (SSSR count). The highest BCUT2D eigenvalue weighted by Gasteiger charge is 2.30. The molecule has 1 atom stereocenters. The summed E-state index contributed by atoms with van der Waals surface area (Å²) in [4.78, 5) is 0. The van der Waals surface area contributed by atoms with Gasteiger partial charge in [0.05, 0.1) is 12.6 Å². The number of rotatable bonds is 3. The second kappa shape index (κ2) is 4.50. The first-order valence-corrected chi connectivity index (χ1v) is 4.14. The van der Waals surface area contributed by atoms with Crippen LogP contribution < -0.4 is 10.5 Å². The fourth-order valence-corrected chi connectivity index (χ4v) is 1.02. The van der Waals surface area contributed by atoms with E-state index in [0.29, 0.717) is 5.56 Å². The van der Waals surface area contributed by atoms with Crippen molar-refractivity contribution in [1.29, 1.82) is 0 Å². The van der Waals surface area contributed by atoms with Crippen molar-refractivity contribution in [2.75, 3.05) is 6.61 Å². The van der Waals surface area contributed by atoms with Crippen LogP contribution in [0, 0.1) is 0 Å². The van der Waals surface area contributed by atoms with Crippen LogP contribution in [0.2, 0.25) is 0 Å². The van der Waals surface area contributed by atoms with Gasteiger partial charge in [-0.05, 0) is 17.7 Å². The van der Waals surface area contributed by atoms with Gasteiger partial charge in [0.2, 0.25) is 0 Å². The van der Waals surface area contributed by atoms with Crippen LogP contribution in [0.25, 0.3) is 0 Å². The maximum absolute atomic E-state index is 11.8. The molecule has 0 saturated carbocycles. The Labute approximate surface area is 84.3 Å². The Kier molecular flexibility index (Phi) is 3.54. The van der Waals surface area contributed by atoms with E-state index in [0.717, 1.165) is 12.1 Å². The summed E-state index contributed by atoms with van der Waals surface area (Å²) in [6, 6.07) is 4.46. The first-order valence-electron chi connectivity index (χ1n) is 4.14. The SMILES string of the molecule is N[C@H](CO)c1ccc(OC(F)(F)F)cc1. The fraction of sp³-hybridized carbons (Fsp3) is 0.333. The first kappa shape index (κ1) is 11.8. The molecule has 0 aliphatic carbocycles. The Hall–Kier alpha value is -1.27. The Balaban J connectivity index is 2.72. The Morgan fingerprint density at radius 1 is 1.27 bits per heavy atom. The van der Waals surface area contributed by atoms with Gasteiger partial charge in [-0.15, -0.1) is 13.2 Å². The van der Waals surface area contributed by atoms with Gasteiger partial charge in [-0.1, -0.05) is 12.1 Å². The summed E-state index contributed by atoms with van der Waals surface area (Å²) in [5.41, 5.74) is 6.01. The summed E-state index contributed by atoms with van der Waals surface area (Å²) in [6.07, 6.45) is -4.69. The molecule has 3 nitrogen and oxygen atoms in total. The van der Waals surface area contributed by atoms with E-state index in [9.17, 15) is 13.2 Å². The summed E-state index contributed by atoms with van der Waals surface area (Å²) in [7, 11) is 0. The van der Waals surface area contributed by atoms with Crippen LogP contribution in [0.5, 0.6) is 5.75 Å². The topological polar surface area (TPSA) is 55.5 Å². The lowest BCUT2D eigenvalue weighted by atomic mass is 10.1. The van der Waals surface area contributed by atoms with Gasteiger partial charge < -0.3 is 15.6 Å². The van der Waals surface area contributed by atoms with E-state index in [2.05, 4.69) is 4.74 Å². The number of alkyl halides is 3. The van der Waals surface area contributed by atoms with E-state index in [1.54, 1.807) is 0 Å². The highest BCUT2D eigenvalue weighted by atomic mass is 19.4. The zero-order chi connectivity index (χ0) is 11.5. The number of halogens is 3. The van der Waals surface area contributed by atoms with Gasteiger partial charge in [-0.2, -0.15) is 0 Å². The molecule has 84 valence electrons. The molecule has 0 amide bonds. The summed E-state index contributed by atoms with van der Waals surface area (Å²) in [5, 5.41) is 8.71. The predicted octanol–water partition coefficient (Wildman–Crippen LogP) is 1.58. The maximum Gasteiger partial charge on any atom is 0.573 e. The van der Waals surface area contributed by atoms with Crippen LogP contribution in [0.4, 0.5) is 13.2 Å². The Morgan fingerprint density at radius 2 is 1.80 bits per heavy atom. The quantitative estimate of drug-likeness (QED) is 0.814. The van der Waals surface area contributed by atoms with Gasteiger partial charge in [0, 0.05) is 0 Å². The van der Waals surface area contributed by atoms with Crippen LogP contribution in [0.15, 0.2) is 24.3 Å². The molecule has 0 aliphatic heterocycles. The van der Waals surface area contributed by atoms with Gasteiger partial charge in [0.25, 0.3) is 0 Å². The van der Waals surface area contributed by atoms with Crippen molar-refractivity contribution in [3.63, 3.8) is 0 Å². The van der Waals surface area contributed by atoms with Crippen molar-refractivity contribution in [3.05, 3.63) is 29.8 Å². The molecule has 0 radical (unpaired) electrons. The zero-order valence-electron chi connectivity index (χ0n) is 7.66. The number of aliphatic hydroxyl groups is 1. The lowest BCUT2D eigenvalue weighted by molar-refractivity contribution is -0.274. The predicted molar refractivity (Wildman–Crippen MR) is 47.1 cm³/mol. The fourth-order valence-electron chi connectivity index (χ4n) is 1.02. The minimum atomic E-state index is -4.69. The average molecular weight is 221 g/mol. The lowest BCUT2D eigenvalue weighted by Gasteiger charge is -2.11. The minimum absolute atomic E-state index is 0.264. The van der Waals surface area contributed by atoms with Crippen molar-refractivity contribution in [3.8, 4) is 5.75 Å². The zero-order valence-corrected chi connectivity index (χ0v) is 7.66. The van der Waals surface area contributed by atoms with Crippen molar-refractivity contribution < 1.29 is 23.0 Å². The van der Waals surface area contributed by atoms with Crippen molar-refractivity contribution in [1.82, 2.24) is 0 Å². The normalized spacial score (nSPS) is 13.7. The number of aliphatic hydroxyl groups excluding tert-OH is 1. The number of hydrogen-bond donors (Lipinski definition) is 2. The minimum Gasteiger partial charge on any atom is -0.406 e. The highest BCUT2D eigenvalue weighted by molar-refractivity contribution is 5.29. The summed E-state index contributed by atoms with van der Waals surface area (Å²) < 4.78 is 39.0. The molecule has 6 heteroatoms. The summed E-state index contributed by atoms with van der Waals surface area (Å²) in [6.45, 7) is -0.264. The molecule has 0 spiro atoms. The number of hydrogen-bond acceptors (Lipinski definition) is 3. The molecule has 0 aliphatic rings. The lowest BCUT2D eigenvalue weighted by Crippen LogP contribution is -2.17. The van der Waals surface area contributed by atoms with Crippen LogP contribution in [-0.2, 0) is 0 Å².